The number of hydrogen-bond donors (Lipinski definition) is 0. The van der Waals surface area contributed by atoms with Crippen LogP contribution in [0.15, 0.2) is 48.8 Å². The number of rotatable bonds is 4. The molecule has 0 N–H and O–H groups in total. The van der Waals surface area contributed by atoms with Gasteiger partial charge >= 0.3 is 0 Å². The molecule has 1 saturated heterocycles. The van der Waals surface area contributed by atoms with Gasteiger partial charge in [0.15, 0.2) is 0 Å². The molecule has 0 amide bonds. The van der Waals surface area contributed by atoms with Crippen molar-refractivity contribution in [2.24, 2.45) is 7.05 Å². The molecule has 0 unspecified atom stereocenters. The topological polar surface area (TPSA) is 57.3 Å². The summed E-state index contributed by atoms with van der Waals surface area (Å²) in [6.45, 7) is 6.30. The van der Waals surface area contributed by atoms with Gasteiger partial charge in [-0.25, -0.2) is 0 Å². The average molecular weight is 494 g/mol. The van der Waals surface area contributed by atoms with Crippen LogP contribution in [0, 0.1) is 18.3 Å². The van der Waals surface area contributed by atoms with E-state index in [2.05, 4.69) is 64.9 Å². The van der Waals surface area contributed by atoms with E-state index >= 15 is 0 Å². The fourth-order valence-corrected chi connectivity index (χ4v) is 6.70. The van der Waals surface area contributed by atoms with E-state index in [9.17, 15) is 5.26 Å². The van der Waals surface area contributed by atoms with E-state index in [1.807, 2.05) is 18.3 Å². The standard InChI is InChI=1S/C31H35N5O/c1-21-25-5-4-12-33-31(25)29(18-30(21)37-3)36-15-13-35(14-16-36)24-9-7-23(8-10-24)27-20-34(2)28-11-6-22(19-32)17-26(27)28/h4-6,11-12,17-18,20,23-24H,7-10,13-16H2,1-3H3/t23-,24-. The lowest BCUT2D eigenvalue weighted by molar-refractivity contribution is 0.141. The minimum absolute atomic E-state index is 0.577. The van der Waals surface area contributed by atoms with Gasteiger partial charge in [0, 0.05) is 79.6 Å². The summed E-state index contributed by atoms with van der Waals surface area (Å²) in [5, 5.41) is 11.8. The van der Waals surface area contributed by atoms with Crippen LogP contribution in [0.25, 0.3) is 21.8 Å². The molecule has 1 aliphatic heterocycles. The molecular formula is C31H35N5O. The number of hydrogen-bond acceptors (Lipinski definition) is 5. The first-order chi connectivity index (χ1) is 18.1. The molecule has 0 atom stereocenters. The van der Waals surface area contributed by atoms with Crippen LogP contribution in [-0.2, 0) is 7.05 Å². The predicted molar refractivity (Wildman–Crippen MR) is 149 cm³/mol. The lowest BCUT2D eigenvalue weighted by Crippen LogP contribution is -2.51. The number of aromatic nitrogens is 2. The van der Waals surface area contributed by atoms with Gasteiger partial charge in [-0.2, -0.15) is 5.26 Å². The number of benzene rings is 2. The SMILES string of the molecule is COc1cc(N2CCN([C@H]3CC[C@H](c4cn(C)c5ccc(C#N)cc54)CC3)CC2)c2ncccc2c1C. The monoisotopic (exact) mass is 493 g/mol. The van der Waals surface area contributed by atoms with E-state index in [1.54, 1.807) is 7.11 Å². The Morgan fingerprint density at radius 3 is 2.51 bits per heavy atom. The van der Waals surface area contributed by atoms with E-state index < -0.39 is 0 Å². The Hall–Kier alpha value is -3.56. The van der Waals surface area contributed by atoms with Gasteiger partial charge in [0.2, 0.25) is 0 Å². The highest BCUT2D eigenvalue weighted by molar-refractivity contribution is 5.95. The summed E-state index contributed by atoms with van der Waals surface area (Å²) < 4.78 is 7.92. The number of anilines is 1. The molecule has 1 aliphatic carbocycles. The summed E-state index contributed by atoms with van der Waals surface area (Å²) in [5.41, 5.74) is 6.81. The van der Waals surface area contributed by atoms with Crippen molar-refractivity contribution in [3.63, 3.8) is 0 Å². The molecule has 2 aromatic carbocycles. The Morgan fingerprint density at radius 1 is 1.00 bits per heavy atom. The fraction of sp³-hybridized carbons (Fsp3) is 0.419. The molecule has 37 heavy (non-hydrogen) atoms. The second kappa shape index (κ2) is 9.72. The third-order valence-corrected chi connectivity index (χ3v) is 8.77. The van der Waals surface area contributed by atoms with Gasteiger partial charge in [0.05, 0.1) is 29.9 Å². The normalized spacial score (nSPS) is 20.9. The van der Waals surface area contributed by atoms with E-state index in [0.29, 0.717) is 12.0 Å². The Kier molecular flexibility index (Phi) is 6.26. The summed E-state index contributed by atoms with van der Waals surface area (Å²) in [5.74, 6) is 1.51. The van der Waals surface area contributed by atoms with Crippen molar-refractivity contribution < 1.29 is 4.74 Å². The van der Waals surface area contributed by atoms with Crippen LogP contribution in [0.1, 0.15) is 48.3 Å². The summed E-state index contributed by atoms with van der Waals surface area (Å²) >= 11 is 0. The maximum absolute atomic E-state index is 9.39. The number of nitrogens with zero attached hydrogens (tertiary/aromatic N) is 5. The fourth-order valence-electron chi connectivity index (χ4n) is 6.70. The molecule has 190 valence electrons. The zero-order valence-electron chi connectivity index (χ0n) is 22.1. The molecule has 0 spiro atoms. The first kappa shape index (κ1) is 23.8. The van der Waals surface area contributed by atoms with Crippen molar-refractivity contribution in [1.82, 2.24) is 14.5 Å². The molecule has 6 heteroatoms. The van der Waals surface area contributed by atoms with Gasteiger partial charge in [-0.15, -0.1) is 0 Å². The zero-order chi connectivity index (χ0) is 25.5. The molecule has 6 rings (SSSR count). The minimum Gasteiger partial charge on any atom is -0.496 e. The van der Waals surface area contributed by atoms with Gasteiger partial charge in [0.1, 0.15) is 5.75 Å². The highest BCUT2D eigenvalue weighted by atomic mass is 16.5. The highest BCUT2D eigenvalue weighted by Crippen LogP contribution is 2.40. The quantitative estimate of drug-likeness (QED) is 0.362. The van der Waals surface area contributed by atoms with Crippen molar-refractivity contribution >= 4 is 27.5 Å². The van der Waals surface area contributed by atoms with Crippen LogP contribution in [0.3, 0.4) is 0 Å². The largest absolute Gasteiger partial charge is 0.496 e. The lowest BCUT2D eigenvalue weighted by Gasteiger charge is -2.43. The van der Waals surface area contributed by atoms with Gasteiger partial charge in [-0.05, 0) is 68.4 Å². The predicted octanol–water partition coefficient (Wildman–Crippen LogP) is 5.76. The molecule has 0 radical (unpaired) electrons. The molecule has 0 bridgehead atoms. The van der Waals surface area contributed by atoms with Crippen LogP contribution in [0.5, 0.6) is 5.75 Å². The van der Waals surface area contributed by atoms with E-state index in [1.165, 1.54) is 53.2 Å². The first-order valence-corrected chi connectivity index (χ1v) is 13.5. The number of methoxy groups -OCH3 is 1. The molecule has 6 nitrogen and oxygen atoms in total. The highest BCUT2D eigenvalue weighted by Gasteiger charge is 2.31. The van der Waals surface area contributed by atoms with Gasteiger partial charge in [0.25, 0.3) is 0 Å². The third kappa shape index (κ3) is 4.22. The number of piperazine rings is 1. The van der Waals surface area contributed by atoms with Gasteiger partial charge in [-0.1, -0.05) is 6.07 Å². The van der Waals surface area contributed by atoms with Crippen molar-refractivity contribution in [3.05, 3.63) is 65.5 Å². The maximum Gasteiger partial charge on any atom is 0.124 e. The minimum atomic E-state index is 0.577. The second-order valence-corrected chi connectivity index (χ2v) is 10.7. The third-order valence-electron chi connectivity index (χ3n) is 8.77. The molecule has 1 saturated carbocycles. The Morgan fingerprint density at radius 2 is 1.78 bits per heavy atom. The second-order valence-electron chi connectivity index (χ2n) is 10.7. The summed E-state index contributed by atoms with van der Waals surface area (Å²) in [6, 6.07) is 15.4. The smallest absolute Gasteiger partial charge is 0.124 e. The maximum atomic E-state index is 9.39. The molecule has 4 aromatic rings. The number of nitriles is 1. The Balaban J connectivity index is 1.13. The van der Waals surface area contributed by atoms with Crippen molar-refractivity contribution in [2.75, 3.05) is 38.2 Å². The number of aryl methyl sites for hydroxylation is 2. The van der Waals surface area contributed by atoms with Crippen LogP contribution in [0.4, 0.5) is 5.69 Å². The van der Waals surface area contributed by atoms with Crippen LogP contribution in [-0.4, -0.2) is 53.8 Å². The van der Waals surface area contributed by atoms with Gasteiger partial charge < -0.3 is 14.2 Å². The van der Waals surface area contributed by atoms with Crippen LogP contribution < -0.4 is 9.64 Å². The van der Waals surface area contributed by atoms with E-state index in [4.69, 9.17) is 9.72 Å². The van der Waals surface area contributed by atoms with Crippen LogP contribution >= 0.6 is 0 Å². The van der Waals surface area contributed by atoms with Crippen LogP contribution in [0.2, 0.25) is 0 Å². The number of ether oxygens (including phenoxy) is 1. The summed E-state index contributed by atoms with van der Waals surface area (Å²) in [6.07, 6.45) is 9.09. The van der Waals surface area contributed by atoms with Crippen molar-refractivity contribution in [1.29, 1.82) is 5.26 Å². The number of pyridine rings is 1. The first-order valence-electron chi connectivity index (χ1n) is 13.5. The summed E-state index contributed by atoms with van der Waals surface area (Å²) in [7, 11) is 3.87. The van der Waals surface area contributed by atoms with E-state index in [-0.39, 0.29) is 0 Å². The molecular weight excluding hydrogens is 458 g/mol. The molecule has 3 heterocycles. The van der Waals surface area contributed by atoms with Crippen molar-refractivity contribution in [3.8, 4) is 11.8 Å². The molecule has 2 fully saturated rings. The molecule has 2 aliphatic rings. The van der Waals surface area contributed by atoms with Gasteiger partial charge in [-0.3, -0.25) is 9.88 Å². The van der Waals surface area contributed by atoms with Crippen molar-refractivity contribution in [2.45, 2.75) is 44.6 Å². The number of fused-ring (bicyclic) bond motifs is 2. The summed E-state index contributed by atoms with van der Waals surface area (Å²) in [4.78, 5) is 9.94. The average Bonchev–Trinajstić information content (AvgIpc) is 3.29. The Bertz CT molecular complexity index is 1480. The van der Waals surface area contributed by atoms with E-state index in [0.717, 1.165) is 48.6 Å². The zero-order valence-corrected chi connectivity index (χ0v) is 22.1. The Labute approximate surface area is 219 Å². The molecule has 2 aromatic heterocycles. The lowest BCUT2D eigenvalue weighted by atomic mass is 9.81.